The molecule has 0 atom stereocenters. The summed E-state index contributed by atoms with van der Waals surface area (Å²) in [5.41, 5.74) is 1.25. The first-order valence-electron chi connectivity index (χ1n) is 5.63. The number of hydrogen-bond acceptors (Lipinski definition) is 4. The number of nitrogens with zero attached hydrogens (tertiary/aromatic N) is 3. The van der Waals surface area contributed by atoms with Gasteiger partial charge in [-0.05, 0) is 7.05 Å². The molecule has 1 fully saturated rings. The van der Waals surface area contributed by atoms with Gasteiger partial charge in [-0.25, -0.2) is 0 Å². The predicted molar refractivity (Wildman–Crippen MR) is 58.7 cm³/mol. The largest absolute Gasteiger partial charge is 0.361 e. The number of aryl methyl sites for hydroxylation is 1. The number of aromatic nitrogens is 1. The molecule has 1 saturated heterocycles. The Kier molecular flexibility index (Phi) is 3.38. The van der Waals surface area contributed by atoms with Gasteiger partial charge >= 0.3 is 0 Å². The summed E-state index contributed by atoms with van der Waals surface area (Å²) in [7, 11) is 2.17. The lowest BCUT2D eigenvalue weighted by atomic mass is 10.2. The highest BCUT2D eigenvalue weighted by atomic mass is 16.5. The summed E-state index contributed by atoms with van der Waals surface area (Å²) in [6.07, 6.45) is 2.79. The van der Waals surface area contributed by atoms with E-state index in [1.54, 1.807) is 0 Å². The molecule has 2 rings (SSSR count). The first kappa shape index (κ1) is 10.6. The van der Waals surface area contributed by atoms with E-state index in [1.807, 2.05) is 6.20 Å². The molecule has 0 aliphatic carbocycles. The third kappa shape index (κ3) is 2.58. The van der Waals surface area contributed by atoms with Crippen molar-refractivity contribution in [3.8, 4) is 0 Å². The zero-order valence-corrected chi connectivity index (χ0v) is 9.57. The minimum atomic E-state index is 0.934. The Morgan fingerprint density at radius 1 is 1.33 bits per heavy atom. The van der Waals surface area contributed by atoms with Gasteiger partial charge in [-0.15, -0.1) is 0 Å². The summed E-state index contributed by atoms with van der Waals surface area (Å²) in [6, 6.07) is 0. The van der Waals surface area contributed by atoms with Gasteiger partial charge in [0.2, 0.25) is 0 Å². The second-order valence-corrected chi connectivity index (χ2v) is 4.21. The molecule has 1 aliphatic heterocycles. The molecule has 0 saturated carbocycles. The molecule has 1 aliphatic rings. The van der Waals surface area contributed by atoms with Crippen molar-refractivity contribution in [1.82, 2.24) is 15.0 Å². The van der Waals surface area contributed by atoms with E-state index in [-0.39, 0.29) is 0 Å². The molecular formula is C11H19N3O. The molecular weight excluding hydrogens is 190 g/mol. The Morgan fingerprint density at radius 2 is 2.07 bits per heavy atom. The van der Waals surface area contributed by atoms with Crippen LogP contribution in [0.4, 0.5) is 0 Å². The molecule has 1 aromatic heterocycles. The fraction of sp³-hybridized carbons (Fsp3) is 0.727. The lowest BCUT2D eigenvalue weighted by Crippen LogP contribution is -2.43. The van der Waals surface area contributed by atoms with Crippen LogP contribution in [0.3, 0.4) is 0 Å². The number of likely N-dealkylation sites (N-methyl/N-ethyl adjacent to an activating group) is 1. The Bertz CT molecular complexity index is 303. The SMILES string of the molecule is CCc1oncc1CN1CCN(C)CC1. The van der Waals surface area contributed by atoms with Crippen LogP contribution < -0.4 is 0 Å². The first-order valence-corrected chi connectivity index (χ1v) is 5.63. The van der Waals surface area contributed by atoms with Crippen LogP contribution in [0.5, 0.6) is 0 Å². The standard InChI is InChI=1S/C11H19N3O/c1-3-11-10(8-12-15-11)9-14-6-4-13(2)5-7-14/h8H,3-7,9H2,1-2H3. The van der Waals surface area contributed by atoms with E-state index < -0.39 is 0 Å². The molecule has 0 unspecified atom stereocenters. The van der Waals surface area contributed by atoms with E-state index in [2.05, 4.69) is 28.9 Å². The van der Waals surface area contributed by atoms with Crippen molar-refractivity contribution < 1.29 is 4.52 Å². The van der Waals surface area contributed by atoms with Crippen molar-refractivity contribution >= 4 is 0 Å². The van der Waals surface area contributed by atoms with Gasteiger partial charge in [0.1, 0.15) is 5.76 Å². The third-order valence-corrected chi connectivity index (χ3v) is 3.04. The molecule has 0 N–H and O–H groups in total. The Balaban J connectivity index is 1.91. The van der Waals surface area contributed by atoms with Crippen molar-refractivity contribution in [3.63, 3.8) is 0 Å². The Hall–Kier alpha value is -0.870. The number of hydrogen-bond donors (Lipinski definition) is 0. The maximum atomic E-state index is 5.19. The highest BCUT2D eigenvalue weighted by Gasteiger charge is 2.16. The molecule has 4 nitrogen and oxygen atoms in total. The molecule has 0 amide bonds. The number of rotatable bonds is 3. The fourth-order valence-electron chi connectivity index (χ4n) is 1.95. The van der Waals surface area contributed by atoms with Gasteiger partial charge in [0.05, 0.1) is 6.20 Å². The van der Waals surface area contributed by atoms with Gasteiger partial charge in [0.25, 0.3) is 0 Å². The van der Waals surface area contributed by atoms with E-state index in [0.29, 0.717) is 0 Å². The highest BCUT2D eigenvalue weighted by molar-refractivity contribution is 5.13. The van der Waals surface area contributed by atoms with E-state index in [1.165, 1.54) is 5.56 Å². The Morgan fingerprint density at radius 3 is 2.73 bits per heavy atom. The summed E-state index contributed by atoms with van der Waals surface area (Å²) in [5.74, 6) is 1.04. The second-order valence-electron chi connectivity index (χ2n) is 4.21. The molecule has 0 radical (unpaired) electrons. The molecule has 0 aromatic carbocycles. The van der Waals surface area contributed by atoms with Crippen LogP contribution in [-0.2, 0) is 13.0 Å². The lowest BCUT2D eigenvalue weighted by Gasteiger charge is -2.32. The van der Waals surface area contributed by atoms with Crippen LogP contribution in [0.15, 0.2) is 10.7 Å². The van der Waals surface area contributed by atoms with E-state index in [9.17, 15) is 0 Å². The molecule has 4 heteroatoms. The van der Waals surface area contributed by atoms with Gasteiger partial charge in [0, 0.05) is 44.7 Å². The molecule has 15 heavy (non-hydrogen) atoms. The van der Waals surface area contributed by atoms with Gasteiger partial charge in [0.15, 0.2) is 0 Å². The quantitative estimate of drug-likeness (QED) is 0.743. The topological polar surface area (TPSA) is 32.5 Å². The van der Waals surface area contributed by atoms with Crippen molar-refractivity contribution in [2.24, 2.45) is 0 Å². The highest BCUT2D eigenvalue weighted by Crippen LogP contribution is 2.12. The molecule has 0 spiro atoms. The monoisotopic (exact) mass is 209 g/mol. The van der Waals surface area contributed by atoms with Gasteiger partial charge in [-0.1, -0.05) is 12.1 Å². The number of piperazine rings is 1. The minimum absolute atomic E-state index is 0.934. The van der Waals surface area contributed by atoms with E-state index in [0.717, 1.165) is 44.9 Å². The lowest BCUT2D eigenvalue weighted by molar-refractivity contribution is 0.147. The van der Waals surface area contributed by atoms with Crippen LogP contribution in [-0.4, -0.2) is 48.2 Å². The third-order valence-electron chi connectivity index (χ3n) is 3.04. The Labute approximate surface area is 90.8 Å². The van der Waals surface area contributed by atoms with Crippen LogP contribution in [0.25, 0.3) is 0 Å². The summed E-state index contributed by atoms with van der Waals surface area (Å²) in [5, 5.41) is 3.86. The smallest absolute Gasteiger partial charge is 0.140 e. The minimum Gasteiger partial charge on any atom is -0.361 e. The zero-order valence-electron chi connectivity index (χ0n) is 9.57. The van der Waals surface area contributed by atoms with Gasteiger partial charge in [-0.2, -0.15) is 0 Å². The maximum absolute atomic E-state index is 5.19. The van der Waals surface area contributed by atoms with Crippen molar-refractivity contribution in [3.05, 3.63) is 17.5 Å². The normalized spacial score (nSPS) is 19.6. The maximum Gasteiger partial charge on any atom is 0.140 e. The summed E-state index contributed by atoms with van der Waals surface area (Å²) >= 11 is 0. The van der Waals surface area contributed by atoms with Crippen LogP contribution in [0.2, 0.25) is 0 Å². The van der Waals surface area contributed by atoms with Gasteiger partial charge in [-0.3, -0.25) is 4.90 Å². The first-order chi connectivity index (χ1) is 7.29. The predicted octanol–water partition coefficient (Wildman–Crippen LogP) is 0.984. The average molecular weight is 209 g/mol. The molecule has 2 heterocycles. The summed E-state index contributed by atoms with van der Waals surface area (Å²) in [6.45, 7) is 7.70. The van der Waals surface area contributed by atoms with Crippen LogP contribution in [0, 0.1) is 0 Å². The van der Waals surface area contributed by atoms with E-state index in [4.69, 9.17) is 4.52 Å². The zero-order chi connectivity index (χ0) is 10.7. The van der Waals surface area contributed by atoms with Crippen LogP contribution >= 0.6 is 0 Å². The molecule has 84 valence electrons. The second kappa shape index (κ2) is 4.77. The van der Waals surface area contributed by atoms with Gasteiger partial charge < -0.3 is 9.42 Å². The summed E-state index contributed by atoms with van der Waals surface area (Å²) in [4.78, 5) is 4.83. The van der Waals surface area contributed by atoms with E-state index >= 15 is 0 Å². The molecule has 1 aromatic rings. The molecule has 0 bridgehead atoms. The van der Waals surface area contributed by atoms with Crippen molar-refractivity contribution in [2.45, 2.75) is 19.9 Å². The average Bonchev–Trinajstić information content (AvgIpc) is 2.69. The van der Waals surface area contributed by atoms with Crippen molar-refractivity contribution in [2.75, 3.05) is 33.2 Å². The fourth-order valence-corrected chi connectivity index (χ4v) is 1.95. The van der Waals surface area contributed by atoms with Crippen molar-refractivity contribution in [1.29, 1.82) is 0 Å². The summed E-state index contributed by atoms with van der Waals surface area (Å²) < 4.78 is 5.19. The van der Waals surface area contributed by atoms with Crippen LogP contribution in [0.1, 0.15) is 18.2 Å².